The van der Waals surface area contributed by atoms with Gasteiger partial charge in [-0.2, -0.15) is 0 Å². The van der Waals surface area contributed by atoms with Crippen LogP contribution in [0.1, 0.15) is 18.1 Å². The molecule has 3 rings (SSSR count). The van der Waals surface area contributed by atoms with Gasteiger partial charge in [-0.3, -0.25) is 0 Å². The molecule has 0 unspecified atom stereocenters. The first-order chi connectivity index (χ1) is 9.69. The Morgan fingerprint density at radius 3 is 2.80 bits per heavy atom. The normalized spacial score (nSPS) is 10.9. The van der Waals surface area contributed by atoms with E-state index in [-0.39, 0.29) is 0 Å². The Morgan fingerprint density at radius 1 is 1.20 bits per heavy atom. The maximum absolute atomic E-state index is 5.72. The van der Waals surface area contributed by atoms with E-state index in [0.29, 0.717) is 6.61 Å². The summed E-state index contributed by atoms with van der Waals surface area (Å²) < 4.78 is 7.78. The number of ether oxygens (including phenoxy) is 1. The predicted octanol–water partition coefficient (Wildman–Crippen LogP) is 4.02. The van der Waals surface area contributed by atoms with Crippen LogP contribution in [0, 0.1) is 13.8 Å². The van der Waals surface area contributed by atoms with Crippen LogP contribution in [-0.2, 0) is 0 Å². The summed E-state index contributed by atoms with van der Waals surface area (Å²) in [6.45, 7) is 6.81. The molecule has 2 aromatic heterocycles. The minimum atomic E-state index is 0.655. The van der Waals surface area contributed by atoms with E-state index in [4.69, 9.17) is 9.72 Å². The molecule has 3 aromatic rings. The van der Waals surface area contributed by atoms with Gasteiger partial charge in [0.2, 0.25) is 0 Å². The van der Waals surface area contributed by atoms with Gasteiger partial charge in [-0.25, -0.2) is 4.98 Å². The second-order valence-corrected chi connectivity index (χ2v) is 4.98. The maximum atomic E-state index is 5.72. The number of aromatic nitrogens is 2. The standard InChI is InChI=1S/C17H18N2O/c1-4-20-16-8-7-12(2)10-14(16)15-11-19-9-5-6-13(3)17(19)18-15/h5-11H,4H2,1-3H3. The van der Waals surface area contributed by atoms with E-state index < -0.39 is 0 Å². The van der Waals surface area contributed by atoms with Gasteiger partial charge < -0.3 is 9.14 Å². The van der Waals surface area contributed by atoms with E-state index in [9.17, 15) is 0 Å². The van der Waals surface area contributed by atoms with Crippen molar-refractivity contribution in [1.29, 1.82) is 0 Å². The summed E-state index contributed by atoms with van der Waals surface area (Å²) in [6, 6.07) is 10.3. The van der Waals surface area contributed by atoms with E-state index in [1.807, 2.05) is 25.3 Å². The van der Waals surface area contributed by atoms with E-state index in [2.05, 4.69) is 42.6 Å². The van der Waals surface area contributed by atoms with Crippen molar-refractivity contribution in [3.05, 3.63) is 53.9 Å². The van der Waals surface area contributed by atoms with Gasteiger partial charge in [0.1, 0.15) is 11.4 Å². The molecule has 0 spiro atoms. The van der Waals surface area contributed by atoms with E-state index in [1.54, 1.807) is 0 Å². The van der Waals surface area contributed by atoms with Crippen molar-refractivity contribution in [1.82, 2.24) is 9.38 Å². The number of fused-ring (bicyclic) bond motifs is 1. The molecule has 20 heavy (non-hydrogen) atoms. The molecular weight excluding hydrogens is 248 g/mol. The predicted molar refractivity (Wildman–Crippen MR) is 81.3 cm³/mol. The van der Waals surface area contributed by atoms with Gasteiger partial charge in [0, 0.05) is 18.0 Å². The summed E-state index contributed by atoms with van der Waals surface area (Å²) in [7, 11) is 0. The van der Waals surface area contributed by atoms with Crippen molar-refractivity contribution in [2.75, 3.05) is 6.61 Å². The van der Waals surface area contributed by atoms with Crippen molar-refractivity contribution in [3.63, 3.8) is 0 Å². The average molecular weight is 266 g/mol. The first kappa shape index (κ1) is 12.7. The van der Waals surface area contributed by atoms with Crippen LogP contribution < -0.4 is 4.74 Å². The molecule has 0 fully saturated rings. The summed E-state index contributed by atoms with van der Waals surface area (Å²) in [5.41, 5.74) is 5.37. The molecule has 0 amide bonds. The van der Waals surface area contributed by atoms with Gasteiger partial charge >= 0.3 is 0 Å². The summed E-state index contributed by atoms with van der Waals surface area (Å²) >= 11 is 0. The molecule has 2 heterocycles. The molecule has 0 saturated heterocycles. The van der Waals surface area contributed by atoms with E-state index in [1.165, 1.54) is 11.1 Å². The van der Waals surface area contributed by atoms with E-state index in [0.717, 1.165) is 22.7 Å². The van der Waals surface area contributed by atoms with Crippen molar-refractivity contribution in [2.45, 2.75) is 20.8 Å². The Balaban J connectivity index is 2.19. The van der Waals surface area contributed by atoms with Crippen LogP contribution in [0.4, 0.5) is 0 Å². The number of hydrogen-bond acceptors (Lipinski definition) is 2. The van der Waals surface area contributed by atoms with Crippen LogP contribution in [0.15, 0.2) is 42.7 Å². The summed E-state index contributed by atoms with van der Waals surface area (Å²) in [5.74, 6) is 0.888. The molecule has 0 bridgehead atoms. The highest BCUT2D eigenvalue weighted by molar-refractivity contribution is 5.70. The lowest BCUT2D eigenvalue weighted by Crippen LogP contribution is -1.94. The third kappa shape index (κ3) is 2.16. The van der Waals surface area contributed by atoms with Crippen molar-refractivity contribution >= 4 is 5.65 Å². The number of aryl methyl sites for hydroxylation is 2. The molecular formula is C17H18N2O. The molecule has 0 radical (unpaired) electrons. The van der Waals surface area contributed by atoms with Gasteiger partial charge in [-0.1, -0.05) is 17.7 Å². The SMILES string of the molecule is CCOc1ccc(C)cc1-c1cn2cccc(C)c2n1. The highest BCUT2D eigenvalue weighted by atomic mass is 16.5. The number of benzene rings is 1. The third-order valence-electron chi connectivity index (χ3n) is 3.39. The van der Waals surface area contributed by atoms with Gasteiger partial charge in [0.25, 0.3) is 0 Å². The van der Waals surface area contributed by atoms with Gasteiger partial charge in [0.05, 0.1) is 12.3 Å². The molecule has 0 saturated carbocycles. The van der Waals surface area contributed by atoms with Crippen LogP contribution in [-0.4, -0.2) is 16.0 Å². The smallest absolute Gasteiger partial charge is 0.140 e. The number of nitrogens with zero attached hydrogens (tertiary/aromatic N) is 2. The van der Waals surface area contributed by atoms with E-state index >= 15 is 0 Å². The number of imidazole rings is 1. The summed E-state index contributed by atoms with van der Waals surface area (Å²) in [5, 5.41) is 0. The zero-order valence-electron chi connectivity index (χ0n) is 12.1. The topological polar surface area (TPSA) is 26.5 Å². The Kier molecular flexibility index (Phi) is 3.18. The molecule has 3 heteroatoms. The fourth-order valence-corrected chi connectivity index (χ4v) is 2.41. The molecule has 0 aliphatic heterocycles. The zero-order chi connectivity index (χ0) is 14.1. The molecule has 0 N–H and O–H groups in total. The first-order valence-electron chi connectivity index (χ1n) is 6.87. The minimum Gasteiger partial charge on any atom is -0.493 e. The van der Waals surface area contributed by atoms with Crippen molar-refractivity contribution in [2.24, 2.45) is 0 Å². The van der Waals surface area contributed by atoms with Crippen LogP contribution >= 0.6 is 0 Å². The molecule has 0 atom stereocenters. The lowest BCUT2D eigenvalue weighted by Gasteiger charge is -2.09. The Bertz CT molecular complexity index is 759. The summed E-state index contributed by atoms with van der Waals surface area (Å²) in [4.78, 5) is 4.75. The van der Waals surface area contributed by atoms with Crippen LogP contribution in [0.2, 0.25) is 0 Å². The average Bonchev–Trinajstić information content (AvgIpc) is 2.86. The number of rotatable bonds is 3. The van der Waals surface area contributed by atoms with Crippen LogP contribution in [0.3, 0.4) is 0 Å². The van der Waals surface area contributed by atoms with Gasteiger partial charge in [-0.15, -0.1) is 0 Å². The van der Waals surface area contributed by atoms with Crippen LogP contribution in [0.5, 0.6) is 5.75 Å². The molecule has 102 valence electrons. The Hall–Kier alpha value is -2.29. The van der Waals surface area contributed by atoms with Gasteiger partial charge in [0.15, 0.2) is 0 Å². The van der Waals surface area contributed by atoms with Gasteiger partial charge in [-0.05, 0) is 44.5 Å². The fraction of sp³-hybridized carbons (Fsp3) is 0.235. The zero-order valence-corrected chi connectivity index (χ0v) is 12.1. The third-order valence-corrected chi connectivity index (χ3v) is 3.39. The highest BCUT2D eigenvalue weighted by Gasteiger charge is 2.11. The summed E-state index contributed by atoms with van der Waals surface area (Å²) in [6.07, 6.45) is 4.08. The second-order valence-electron chi connectivity index (χ2n) is 4.98. The lowest BCUT2D eigenvalue weighted by molar-refractivity contribution is 0.341. The molecule has 0 aliphatic carbocycles. The maximum Gasteiger partial charge on any atom is 0.140 e. The monoisotopic (exact) mass is 266 g/mol. The minimum absolute atomic E-state index is 0.655. The Morgan fingerprint density at radius 2 is 2.05 bits per heavy atom. The quantitative estimate of drug-likeness (QED) is 0.716. The Labute approximate surface area is 118 Å². The largest absolute Gasteiger partial charge is 0.493 e. The lowest BCUT2D eigenvalue weighted by atomic mass is 10.1. The molecule has 3 nitrogen and oxygen atoms in total. The molecule has 1 aromatic carbocycles. The van der Waals surface area contributed by atoms with Crippen LogP contribution in [0.25, 0.3) is 16.9 Å². The number of pyridine rings is 1. The fourth-order valence-electron chi connectivity index (χ4n) is 2.41. The highest BCUT2D eigenvalue weighted by Crippen LogP contribution is 2.31. The first-order valence-corrected chi connectivity index (χ1v) is 6.87. The molecule has 0 aliphatic rings. The van der Waals surface area contributed by atoms with Crippen molar-refractivity contribution < 1.29 is 4.74 Å². The van der Waals surface area contributed by atoms with Crippen molar-refractivity contribution in [3.8, 4) is 17.0 Å². The number of hydrogen-bond donors (Lipinski definition) is 0. The second kappa shape index (κ2) is 5.00.